The first-order valence-electron chi connectivity index (χ1n) is 6.94. The first-order chi connectivity index (χ1) is 9.97. The van der Waals surface area contributed by atoms with E-state index >= 15 is 0 Å². The predicted octanol–water partition coefficient (Wildman–Crippen LogP) is 3.03. The van der Waals surface area contributed by atoms with Crippen molar-refractivity contribution in [2.75, 3.05) is 20.3 Å². The highest BCUT2D eigenvalue weighted by molar-refractivity contribution is 5.98. The molecule has 1 heterocycles. The van der Waals surface area contributed by atoms with Crippen molar-refractivity contribution in [3.8, 4) is 5.75 Å². The molecule has 1 aromatic heterocycles. The number of ether oxygens (including phenoxy) is 2. The first kappa shape index (κ1) is 15.4. The predicted molar refractivity (Wildman–Crippen MR) is 81.3 cm³/mol. The van der Waals surface area contributed by atoms with Crippen LogP contribution in [0.1, 0.15) is 35.8 Å². The third-order valence-electron chi connectivity index (χ3n) is 3.57. The van der Waals surface area contributed by atoms with E-state index in [1.54, 1.807) is 24.8 Å². The number of fused-ring (bicyclic) bond motifs is 1. The van der Waals surface area contributed by atoms with Gasteiger partial charge in [-0.25, -0.2) is 4.79 Å². The van der Waals surface area contributed by atoms with Gasteiger partial charge in [-0.3, -0.25) is 0 Å². The van der Waals surface area contributed by atoms with E-state index in [1.165, 1.54) is 0 Å². The van der Waals surface area contributed by atoms with Crippen molar-refractivity contribution >= 4 is 16.9 Å². The van der Waals surface area contributed by atoms with Gasteiger partial charge in [0.15, 0.2) is 0 Å². The Labute approximate surface area is 124 Å². The Balaban J connectivity index is 2.60. The highest BCUT2D eigenvalue weighted by Gasteiger charge is 2.19. The van der Waals surface area contributed by atoms with E-state index in [9.17, 15) is 9.90 Å². The van der Waals surface area contributed by atoms with Crippen LogP contribution in [0.2, 0.25) is 0 Å². The number of nitrogens with zero attached hydrogens (tertiary/aromatic N) is 1. The second-order valence-corrected chi connectivity index (χ2v) is 5.30. The minimum Gasteiger partial charge on any atom is -0.490 e. The van der Waals surface area contributed by atoms with Gasteiger partial charge in [-0.2, -0.15) is 0 Å². The van der Waals surface area contributed by atoms with Gasteiger partial charge in [-0.15, -0.1) is 0 Å². The van der Waals surface area contributed by atoms with Crippen molar-refractivity contribution in [1.29, 1.82) is 0 Å². The summed E-state index contributed by atoms with van der Waals surface area (Å²) in [6.45, 7) is 5.11. The van der Waals surface area contributed by atoms with Gasteiger partial charge in [0.25, 0.3) is 0 Å². The highest BCUT2D eigenvalue weighted by atomic mass is 16.5. The van der Waals surface area contributed by atoms with Gasteiger partial charge in [0.05, 0.1) is 12.1 Å². The van der Waals surface area contributed by atoms with Crippen LogP contribution < -0.4 is 4.74 Å². The zero-order valence-corrected chi connectivity index (χ0v) is 12.8. The molecule has 5 nitrogen and oxygen atoms in total. The van der Waals surface area contributed by atoms with Crippen LogP contribution in [0, 0.1) is 0 Å². The summed E-state index contributed by atoms with van der Waals surface area (Å²) in [5.74, 6) is 0.0524. The molecular weight excluding hydrogens is 270 g/mol. The number of carboxylic acids is 1. The maximum Gasteiger partial charge on any atom is 0.352 e. The monoisotopic (exact) mass is 291 g/mol. The average molecular weight is 291 g/mol. The molecule has 0 aliphatic rings. The SMILES string of the molecule is COCCOc1ccc(C(C)C)c2c1cc(C(=O)O)n2C. The van der Waals surface area contributed by atoms with Crippen molar-refractivity contribution in [2.24, 2.45) is 7.05 Å². The van der Waals surface area contributed by atoms with E-state index in [1.807, 2.05) is 12.1 Å². The summed E-state index contributed by atoms with van der Waals surface area (Å²) < 4.78 is 12.4. The Morgan fingerprint density at radius 1 is 1.33 bits per heavy atom. The van der Waals surface area contributed by atoms with Crippen LogP contribution in [-0.4, -0.2) is 36.0 Å². The van der Waals surface area contributed by atoms with Crippen molar-refractivity contribution in [3.05, 3.63) is 29.5 Å². The van der Waals surface area contributed by atoms with Crippen LogP contribution in [-0.2, 0) is 11.8 Å². The van der Waals surface area contributed by atoms with Gasteiger partial charge in [0.1, 0.15) is 18.1 Å². The zero-order valence-electron chi connectivity index (χ0n) is 12.8. The number of hydrogen-bond acceptors (Lipinski definition) is 3. The van der Waals surface area contributed by atoms with Crippen molar-refractivity contribution in [2.45, 2.75) is 19.8 Å². The van der Waals surface area contributed by atoms with Crippen LogP contribution in [0.3, 0.4) is 0 Å². The normalized spacial score (nSPS) is 11.3. The number of hydrogen-bond donors (Lipinski definition) is 1. The largest absolute Gasteiger partial charge is 0.490 e. The highest BCUT2D eigenvalue weighted by Crippen LogP contribution is 2.34. The Hall–Kier alpha value is -2.01. The number of methoxy groups -OCH3 is 1. The van der Waals surface area contributed by atoms with Gasteiger partial charge < -0.3 is 19.1 Å². The fourth-order valence-corrected chi connectivity index (χ4v) is 2.51. The molecule has 1 aromatic carbocycles. The summed E-state index contributed by atoms with van der Waals surface area (Å²) >= 11 is 0. The first-order valence-corrected chi connectivity index (χ1v) is 6.94. The lowest BCUT2D eigenvalue weighted by molar-refractivity contribution is 0.0687. The van der Waals surface area contributed by atoms with Crippen LogP contribution in [0.25, 0.3) is 10.9 Å². The molecule has 0 saturated carbocycles. The summed E-state index contributed by atoms with van der Waals surface area (Å²) in [4.78, 5) is 11.4. The average Bonchev–Trinajstić information content (AvgIpc) is 2.78. The Morgan fingerprint density at radius 2 is 2.05 bits per heavy atom. The smallest absolute Gasteiger partial charge is 0.352 e. The molecule has 0 spiro atoms. The summed E-state index contributed by atoms with van der Waals surface area (Å²) in [6, 6.07) is 5.57. The molecule has 1 N–H and O–H groups in total. The summed E-state index contributed by atoms with van der Waals surface area (Å²) in [5.41, 5.74) is 2.28. The molecule has 0 radical (unpaired) electrons. The molecule has 0 saturated heterocycles. The molecule has 114 valence electrons. The van der Waals surface area contributed by atoms with Crippen molar-refractivity contribution in [3.63, 3.8) is 0 Å². The maximum atomic E-state index is 11.4. The van der Waals surface area contributed by atoms with E-state index < -0.39 is 5.97 Å². The molecule has 0 unspecified atom stereocenters. The molecule has 0 aliphatic carbocycles. The summed E-state index contributed by atoms with van der Waals surface area (Å²) in [6.07, 6.45) is 0. The Bertz CT molecular complexity index is 658. The molecule has 2 rings (SSSR count). The van der Waals surface area contributed by atoms with Crippen LogP contribution >= 0.6 is 0 Å². The molecule has 0 atom stereocenters. The van der Waals surface area contributed by atoms with E-state index in [-0.39, 0.29) is 5.69 Å². The van der Waals surface area contributed by atoms with Crippen LogP contribution in [0.4, 0.5) is 0 Å². The number of benzene rings is 1. The summed E-state index contributed by atoms with van der Waals surface area (Å²) in [5, 5.41) is 10.2. The van der Waals surface area contributed by atoms with Crippen LogP contribution in [0.5, 0.6) is 5.75 Å². The lowest BCUT2D eigenvalue weighted by atomic mass is 10.00. The number of carbonyl (C=O) groups is 1. The number of aromatic carboxylic acids is 1. The second kappa shape index (κ2) is 6.18. The lowest BCUT2D eigenvalue weighted by Crippen LogP contribution is -2.06. The minimum absolute atomic E-state index is 0.259. The van der Waals surface area contributed by atoms with Gasteiger partial charge in [-0.05, 0) is 23.6 Å². The van der Waals surface area contributed by atoms with Crippen molar-refractivity contribution in [1.82, 2.24) is 4.57 Å². The second-order valence-electron chi connectivity index (χ2n) is 5.30. The lowest BCUT2D eigenvalue weighted by Gasteiger charge is -2.13. The number of aryl methyl sites for hydroxylation is 1. The molecule has 0 aliphatic heterocycles. The molecule has 5 heteroatoms. The maximum absolute atomic E-state index is 11.4. The van der Waals surface area contributed by atoms with E-state index in [2.05, 4.69) is 13.8 Å². The van der Waals surface area contributed by atoms with E-state index in [0.717, 1.165) is 16.5 Å². The minimum atomic E-state index is -0.939. The van der Waals surface area contributed by atoms with Gasteiger partial charge >= 0.3 is 5.97 Å². The van der Waals surface area contributed by atoms with E-state index in [0.29, 0.717) is 24.9 Å². The fraction of sp³-hybridized carbons (Fsp3) is 0.438. The molecule has 2 aromatic rings. The van der Waals surface area contributed by atoms with Gasteiger partial charge in [-0.1, -0.05) is 19.9 Å². The molecule has 0 amide bonds. The standard InChI is InChI=1S/C16H21NO4/c1-10(2)11-5-6-14(21-8-7-20-4)12-9-13(16(18)19)17(3)15(11)12/h5-6,9-10H,7-8H2,1-4H3,(H,18,19). The molecule has 0 fully saturated rings. The molecule has 21 heavy (non-hydrogen) atoms. The van der Waals surface area contributed by atoms with Gasteiger partial charge in [0.2, 0.25) is 0 Å². The third-order valence-corrected chi connectivity index (χ3v) is 3.57. The number of carboxylic acid groups (broad SMARTS) is 1. The Kier molecular flexibility index (Phi) is 4.53. The van der Waals surface area contributed by atoms with E-state index in [4.69, 9.17) is 9.47 Å². The topological polar surface area (TPSA) is 60.7 Å². The zero-order chi connectivity index (χ0) is 15.6. The van der Waals surface area contributed by atoms with Gasteiger partial charge in [0, 0.05) is 19.5 Å². The summed E-state index contributed by atoms with van der Waals surface area (Å²) in [7, 11) is 3.39. The fourth-order valence-electron chi connectivity index (χ4n) is 2.51. The number of aromatic nitrogens is 1. The van der Waals surface area contributed by atoms with Crippen molar-refractivity contribution < 1.29 is 19.4 Å². The number of rotatable bonds is 6. The van der Waals surface area contributed by atoms with Crippen LogP contribution in [0.15, 0.2) is 18.2 Å². The Morgan fingerprint density at radius 3 is 2.62 bits per heavy atom. The molecular formula is C16H21NO4. The molecule has 0 bridgehead atoms. The third kappa shape index (κ3) is 2.88. The quantitative estimate of drug-likeness (QED) is 0.831.